The Morgan fingerprint density at radius 1 is 1.13 bits per heavy atom. The lowest BCUT2D eigenvalue weighted by molar-refractivity contribution is -0.123. The topological polar surface area (TPSA) is 91.2 Å². The fourth-order valence-corrected chi connectivity index (χ4v) is 3.15. The Balaban J connectivity index is 1.64. The van der Waals surface area contributed by atoms with Crippen molar-refractivity contribution in [3.8, 4) is 11.5 Å². The second-order valence-corrected chi connectivity index (χ2v) is 6.77. The van der Waals surface area contributed by atoms with Crippen molar-refractivity contribution in [2.45, 2.75) is 13.8 Å². The molecule has 0 aliphatic rings. The minimum absolute atomic E-state index is 0.216. The number of hydrazone groups is 1. The highest BCUT2D eigenvalue weighted by Gasteiger charge is 2.20. The number of carbonyl (C=O) groups excluding carboxylic acids is 2. The van der Waals surface area contributed by atoms with Gasteiger partial charge in [0.1, 0.15) is 11.5 Å². The Morgan fingerprint density at radius 2 is 1.84 bits per heavy atom. The van der Waals surface area contributed by atoms with Gasteiger partial charge in [0.25, 0.3) is 5.91 Å². The Bertz CT molecular complexity index is 1120. The molecule has 0 aliphatic carbocycles. The summed E-state index contributed by atoms with van der Waals surface area (Å²) >= 11 is 0. The van der Waals surface area contributed by atoms with Gasteiger partial charge in [-0.15, -0.1) is 0 Å². The molecular weight excluding hydrogens is 398 g/mol. The molecule has 0 unspecified atom stereocenters. The van der Waals surface area contributed by atoms with Gasteiger partial charge in [-0.25, -0.2) is 10.2 Å². The molecule has 1 amide bonds. The molecule has 0 aliphatic heterocycles. The Hall–Kier alpha value is -3.81. The lowest BCUT2D eigenvalue weighted by Gasteiger charge is -2.06. The van der Waals surface area contributed by atoms with Crippen LogP contribution in [0.4, 0.5) is 0 Å². The fraction of sp³-hybridized carbons (Fsp3) is 0.261. The van der Waals surface area contributed by atoms with Crippen LogP contribution in [0.1, 0.15) is 28.5 Å². The molecule has 3 rings (SSSR count). The Kier molecular flexibility index (Phi) is 6.92. The number of nitrogens with zero attached hydrogens (tertiary/aromatic N) is 2. The maximum atomic E-state index is 12.4. The van der Waals surface area contributed by atoms with Crippen molar-refractivity contribution >= 4 is 29.0 Å². The van der Waals surface area contributed by atoms with Crippen molar-refractivity contribution in [2.24, 2.45) is 12.1 Å². The number of hydrogen-bond acceptors (Lipinski definition) is 6. The van der Waals surface area contributed by atoms with E-state index < -0.39 is 5.91 Å². The normalized spacial score (nSPS) is 11.0. The van der Waals surface area contributed by atoms with Gasteiger partial charge in [0.15, 0.2) is 6.61 Å². The molecule has 0 atom stereocenters. The maximum absolute atomic E-state index is 12.4. The van der Waals surface area contributed by atoms with Crippen LogP contribution < -0.4 is 14.9 Å². The van der Waals surface area contributed by atoms with Gasteiger partial charge in [-0.2, -0.15) is 5.10 Å². The van der Waals surface area contributed by atoms with Crippen molar-refractivity contribution in [1.29, 1.82) is 0 Å². The number of amides is 1. The standard InChI is InChI=1S/C23H25N3O5/c1-5-30-23(28)22-15(2)26(3)20-11-10-18(12-19(20)22)31-14-21(27)25-24-13-16-6-8-17(29-4)9-7-16/h6-13H,5,14H2,1-4H3,(H,25,27)/b24-13-. The van der Waals surface area contributed by atoms with Crippen LogP contribution in [-0.2, 0) is 16.6 Å². The third kappa shape index (κ3) is 5.03. The van der Waals surface area contributed by atoms with Gasteiger partial charge in [0, 0.05) is 23.6 Å². The first-order valence-electron chi connectivity index (χ1n) is 9.79. The van der Waals surface area contributed by atoms with Crippen LogP contribution in [-0.4, -0.2) is 43.0 Å². The van der Waals surface area contributed by atoms with E-state index in [2.05, 4.69) is 10.5 Å². The van der Waals surface area contributed by atoms with E-state index in [1.807, 2.05) is 36.7 Å². The van der Waals surface area contributed by atoms with E-state index in [1.54, 1.807) is 38.3 Å². The molecule has 31 heavy (non-hydrogen) atoms. The van der Waals surface area contributed by atoms with Gasteiger partial charge in [-0.05, 0) is 61.9 Å². The highest BCUT2D eigenvalue weighted by atomic mass is 16.5. The molecule has 0 bridgehead atoms. The summed E-state index contributed by atoms with van der Waals surface area (Å²) in [5, 5.41) is 4.64. The summed E-state index contributed by atoms with van der Waals surface area (Å²) < 4.78 is 17.8. The monoisotopic (exact) mass is 423 g/mol. The molecule has 1 N–H and O–H groups in total. The van der Waals surface area contributed by atoms with E-state index >= 15 is 0 Å². The van der Waals surface area contributed by atoms with Gasteiger partial charge >= 0.3 is 5.97 Å². The highest BCUT2D eigenvalue weighted by molar-refractivity contribution is 6.06. The van der Waals surface area contributed by atoms with E-state index in [1.165, 1.54) is 6.21 Å². The molecule has 0 saturated heterocycles. The number of rotatable bonds is 8. The van der Waals surface area contributed by atoms with Crippen LogP contribution in [0.15, 0.2) is 47.6 Å². The molecule has 8 nitrogen and oxygen atoms in total. The number of nitrogens with one attached hydrogen (secondary N) is 1. The fourth-order valence-electron chi connectivity index (χ4n) is 3.15. The van der Waals surface area contributed by atoms with Crippen molar-refractivity contribution in [3.05, 3.63) is 59.3 Å². The molecule has 3 aromatic rings. The van der Waals surface area contributed by atoms with Crippen LogP contribution in [0.5, 0.6) is 11.5 Å². The lowest BCUT2D eigenvalue weighted by atomic mass is 10.1. The SMILES string of the molecule is CCOC(=O)c1c(C)n(C)c2ccc(OCC(=O)N/N=C\c3ccc(OC)cc3)cc12. The molecule has 1 heterocycles. The van der Waals surface area contributed by atoms with Gasteiger partial charge < -0.3 is 18.8 Å². The van der Waals surface area contributed by atoms with E-state index in [4.69, 9.17) is 14.2 Å². The number of hydrogen-bond donors (Lipinski definition) is 1. The summed E-state index contributed by atoms with van der Waals surface area (Å²) in [7, 11) is 3.48. The van der Waals surface area contributed by atoms with E-state index in [0.717, 1.165) is 22.5 Å². The Labute approximate surface area is 180 Å². The smallest absolute Gasteiger partial charge is 0.340 e. The summed E-state index contributed by atoms with van der Waals surface area (Å²) in [6.45, 7) is 3.71. The highest BCUT2D eigenvalue weighted by Crippen LogP contribution is 2.29. The van der Waals surface area contributed by atoms with Crippen LogP contribution in [0.3, 0.4) is 0 Å². The molecule has 2 aromatic carbocycles. The first kappa shape index (κ1) is 21.9. The summed E-state index contributed by atoms with van der Waals surface area (Å²) in [5.41, 5.74) is 5.42. The molecular formula is C23H25N3O5. The maximum Gasteiger partial charge on any atom is 0.340 e. The van der Waals surface area contributed by atoms with Gasteiger partial charge in [-0.1, -0.05) is 0 Å². The second kappa shape index (κ2) is 9.80. The summed E-state index contributed by atoms with van der Waals surface area (Å²) in [6.07, 6.45) is 1.53. The minimum atomic E-state index is -0.403. The molecule has 0 radical (unpaired) electrons. The minimum Gasteiger partial charge on any atom is -0.497 e. The number of benzene rings is 2. The van der Waals surface area contributed by atoms with Crippen LogP contribution >= 0.6 is 0 Å². The first-order valence-corrected chi connectivity index (χ1v) is 9.79. The molecule has 1 aromatic heterocycles. The summed E-state index contributed by atoms with van der Waals surface area (Å²) in [4.78, 5) is 24.4. The lowest BCUT2D eigenvalue weighted by Crippen LogP contribution is -2.24. The van der Waals surface area contributed by atoms with Crippen LogP contribution in [0, 0.1) is 6.92 Å². The van der Waals surface area contributed by atoms with Crippen molar-refractivity contribution in [1.82, 2.24) is 9.99 Å². The summed E-state index contributed by atoms with van der Waals surface area (Å²) in [6, 6.07) is 12.6. The number of aryl methyl sites for hydroxylation is 1. The molecule has 0 saturated carbocycles. The van der Waals surface area contributed by atoms with Gasteiger partial charge in [-0.3, -0.25) is 4.79 Å². The third-order valence-corrected chi connectivity index (χ3v) is 4.83. The zero-order valence-electron chi connectivity index (χ0n) is 18.0. The van der Waals surface area contributed by atoms with E-state index in [-0.39, 0.29) is 12.6 Å². The largest absolute Gasteiger partial charge is 0.497 e. The number of aromatic nitrogens is 1. The average molecular weight is 423 g/mol. The van der Waals surface area contributed by atoms with Gasteiger partial charge in [0.05, 0.1) is 25.5 Å². The van der Waals surface area contributed by atoms with E-state index in [9.17, 15) is 9.59 Å². The number of methoxy groups -OCH3 is 1. The van der Waals surface area contributed by atoms with Crippen molar-refractivity contribution < 1.29 is 23.8 Å². The first-order chi connectivity index (χ1) is 14.9. The second-order valence-electron chi connectivity index (χ2n) is 6.77. The van der Waals surface area contributed by atoms with E-state index in [0.29, 0.717) is 23.3 Å². The van der Waals surface area contributed by atoms with Crippen LogP contribution in [0.25, 0.3) is 10.9 Å². The predicted molar refractivity (Wildman–Crippen MR) is 118 cm³/mol. The number of esters is 1. The quantitative estimate of drug-likeness (QED) is 0.341. The molecule has 0 spiro atoms. The molecule has 0 fully saturated rings. The number of fused-ring (bicyclic) bond motifs is 1. The molecule has 8 heteroatoms. The molecule has 162 valence electrons. The zero-order chi connectivity index (χ0) is 22.4. The Morgan fingerprint density at radius 3 is 2.52 bits per heavy atom. The third-order valence-electron chi connectivity index (χ3n) is 4.83. The summed E-state index contributed by atoms with van der Waals surface area (Å²) in [5.74, 6) is 0.428. The van der Waals surface area contributed by atoms with Crippen LogP contribution in [0.2, 0.25) is 0 Å². The zero-order valence-corrected chi connectivity index (χ0v) is 18.0. The number of ether oxygens (including phenoxy) is 3. The van der Waals surface area contributed by atoms with Crippen molar-refractivity contribution in [2.75, 3.05) is 20.3 Å². The number of carbonyl (C=O) groups is 2. The average Bonchev–Trinajstić information content (AvgIpc) is 3.02. The predicted octanol–water partition coefficient (Wildman–Crippen LogP) is 3.20. The van der Waals surface area contributed by atoms with Gasteiger partial charge in [0.2, 0.25) is 0 Å². The van der Waals surface area contributed by atoms with Crippen molar-refractivity contribution in [3.63, 3.8) is 0 Å².